The van der Waals surface area contributed by atoms with Gasteiger partial charge >= 0.3 is 5.97 Å². The van der Waals surface area contributed by atoms with E-state index >= 15 is 0 Å². The van der Waals surface area contributed by atoms with Gasteiger partial charge in [-0.25, -0.2) is 4.79 Å². The summed E-state index contributed by atoms with van der Waals surface area (Å²) in [6.07, 6.45) is 4.18. The fourth-order valence-corrected chi connectivity index (χ4v) is 3.53. The van der Waals surface area contributed by atoms with E-state index in [2.05, 4.69) is 21.3 Å². The van der Waals surface area contributed by atoms with Crippen molar-refractivity contribution in [3.8, 4) is 0 Å². The molecular weight excluding hydrogens is 396 g/mol. The van der Waals surface area contributed by atoms with Crippen LogP contribution in [-0.4, -0.2) is 71.5 Å². The summed E-state index contributed by atoms with van der Waals surface area (Å²) in [5.41, 5.74) is 0. The number of carbonyl (C=O) groups excluding carboxylic acids is 3. The number of thioether (sulfide) groups is 1. The van der Waals surface area contributed by atoms with Gasteiger partial charge in [0.1, 0.15) is 18.1 Å². The number of carbonyl (C=O) groups is 4. The molecule has 4 atom stereocenters. The van der Waals surface area contributed by atoms with Gasteiger partial charge in [-0.1, -0.05) is 13.8 Å². The number of hydrogen-bond donors (Lipinski definition) is 5. The molecule has 0 aromatic heterocycles. The smallest absolute Gasteiger partial charge is 0.326 e. The van der Waals surface area contributed by atoms with E-state index in [1.54, 1.807) is 6.92 Å². The lowest BCUT2D eigenvalue weighted by atomic mass is 10.0. The Labute approximate surface area is 176 Å². The molecule has 5 N–H and O–H groups in total. The Bertz CT molecular complexity index is 581. The Morgan fingerprint density at radius 1 is 1.07 bits per heavy atom. The lowest BCUT2D eigenvalue weighted by Crippen LogP contribution is -2.56. The number of amides is 3. The summed E-state index contributed by atoms with van der Waals surface area (Å²) in [6, 6.07) is -2.98. The number of carboxylic acids is 1. The minimum absolute atomic E-state index is 0.0927. The summed E-state index contributed by atoms with van der Waals surface area (Å²) in [6.45, 7) is 6.08. The van der Waals surface area contributed by atoms with Gasteiger partial charge in [-0.05, 0) is 57.1 Å². The molecule has 9 nitrogen and oxygen atoms in total. The zero-order chi connectivity index (χ0) is 22.0. The minimum atomic E-state index is -1.10. The van der Waals surface area contributed by atoms with Crippen molar-refractivity contribution in [2.24, 2.45) is 5.92 Å². The second-order valence-electron chi connectivity index (χ2n) is 7.75. The van der Waals surface area contributed by atoms with Crippen LogP contribution in [0.4, 0.5) is 0 Å². The van der Waals surface area contributed by atoms with Crippen molar-refractivity contribution in [2.75, 3.05) is 18.6 Å². The molecule has 1 fully saturated rings. The van der Waals surface area contributed by atoms with Gasteiger partial charge in [0.05, 0.1) is 6.04 Å². The highest BCUT2D eigenvalue weighted by Gasteiger charge is 2.29. The molecule has 0 saturated carbocycles. The SMILES string of the molecule is CSCCC(NC(=O)C(C)NC(=O)C1CCCN1)C(=O)NC(CC(C)C)C(=O)O. The number of aliphatic carboxylic acids is 1. The Balaban J connectivity index is 2.69. The Kier molecular flexibility index (Phi) is 11.0. The van der Waals surface area contributed by atoms with Gasteiger partial charge in [0.25, 0.3) is 0 Å². The Hall–Kier alpha value is -1.81. The standard InChI is InChI=1S/C19H34N4O5S/c1-11(2)10-15(19(27)28)23-18(26)14(7-9-29-4)22-16(24)12(3)21-17(25)13-6-5-8-20-13/h11-15,20H,5-10H2,1-4H3,(H,21,25)(H,22,24)(H,23,26)(H,27,28). The van der Waals surface area contributed by atoms with E-state index in [0.29, 0.717) is 18.6 Å². The molecule has 0 spiro atoms. The quantitative estimate of drug-likeness (QED) is 0.296. The van der Waals surface area contributed by atoms with E-state index in [4.69, 9.17) is 0 Å². The molecule has 0 bridgehead atoms. The number of rotatable bonds is 12. The summed E-state index contributed by atoms with van der Waals surface area (Å²) in [5.74, 6) is -1.64. The summed E-state index contributed by atoms with van der Waals surface area (Å²) < 4.78 is 0. The van der Waals surface area contributed by atoms with Gasteiger partial charge in [0.2, 0.25) is 17.7 Å². The van der Waals surface area contributed by atoms with Crippen molar-refractivity contribution < 1.29 is 24.3 Å². The van der Waals surface area contributed by atoms with Crippen LogP contribution in [0.15, 0.2) is 0 Å². The van der Waals surface area contributed by atoms with Crippen LogP contribution in [0.3, 0.4) is 0 Å². The molecule has 3 amide bonds. The third-order valence-corrected chi connectivity index (χ3v) is 5.34. The molecule has 1 aliphatic heterocycles. The predicted octanol–water partition coefficient (Wildman–Crippen LogP) is 0.0965. The van der Waals surface area contributed by atoms with Crippen molar-refractivity contribution >= 4 is 35.5 Å². The molecule has 4 unspecified atom stereocenters. The summed E-state index contributed by atoms with van der Waals surface area (Å²) in [5, 5.41) is 20.3. The molecule has 29 heavy (non-hydrogen) atoms. The van der Waals surface area contributed by atoms with E-state index in [1.807, 2.05) is 20.1 Å². The highest BCUT2D eigenvalue weighted by molar-refractivity contribution is 7.98. The van der Waals surface area contributed by atoms with Crippen LogP contribution in [0.1, 0.15) is 46.5 Å². The van der Waals surface area contributed by atoms with Gasteiger partial charge in [-0.2, -0.15) is 11.8 Å². The lowest BCUT2D eigenvalue weighted by Gasteiger charge is -2.24. The first-order valence-electron chi connectivity index (χ1n) is 10.0. The van der Waals surface area contributed by atoms with Crippen molar-refractivity contribution in [2.45, 2.75) is 70.6 Å². The van der Waals surface area contributed by atoms with Crippen molar-refractivity contribution in [1.82, 2.24) is 21.3 Å². The molecule has 1 rings (SSSR count). The average molecular weight is 431 g/mol. The Morgan fingerprint density at radius 3 is 2.24 bits per heavy atom. The van der Waals surface area contributed by atoms with E-state index in [9.17, 15) is 24.3 Å². The van der Waals surface area contributed by atoms with Crippen molar-refractivity contribution in [3.05, 3.63) is 0 Å². The molecular formula is C19H34N4O5S. The molecule has 10 heteroatoms. The third kappa shape index (κ3) is 9.03. The van der Waals surface area contributed by atoms with Gasteiger partial charge in [-0.3, -0.25) is 14.4 Å². The normalized spacial score (nSPS) is 19.3. The maximum Gasteiger partial charge on any atom is 0.326 e. The molecule has 0 aliphatic carbocycles. The van der Waals surface area contributed by atoms with Crippen LogP contribution in [0.5, 0.6) is 0 Å². The summed E-state index contributed by atoms with van der Waals surface area (Å²) in [4.78, 5) is 48.8. The first-order valence-corrected chi connectivity index (χ1v) is 11.4. The second-order valence-corrected chi connectivity index (χ2v) is 8.74. The molecule has 0 aromatic carbocycles. The highest BCUT2D eigenvalue weighted by atomic mass is 32.2. The van der Waals surface area contributed by atoms with Gasteiger partial charge < -0.3 is 26.4 Å². The van der Waals surface area contributed by atoms with Crippen LogP contribution < -0.4 is 21.3 Å². The third-order valence-electron chi connectivity index (χ3n) is 4.69. The van der Waals surface area contributed by atoms with Crippen LogP contribution in [0.25, 0.3) is 0 Å². The molecule has 166 valence electrons. The van der Waals surface area contributed by atoms with E-state index in [1.165, 1.54) is 11.8 Å². The lowest BCUT2D eigenvalue weighted by molar-refractivity contribution is -0.142. The van der Waals surface area contributed by atoms with E-state index < -0.39 is 35.9 Å². The molecule has 0 aromatic rings. The average Bonchev–Trinajstić information content (AvgIpc) is 3.18. The first kappa shape index (κ1) is 25.2. The summed E-state index contributed by atoms with van der Waals surface area (Å²) >= 11 is 1.52. The fourth-order valence-electron chi connectivity index (χ4n) is 3.05. The first-order chi connectivity index (χ1) is 13.6. The molecule has 1 heterocycles. The van der Waals surface area contributed by atoms with Crippen molar-refractivity contribution in [3.63, 3.8) is 0 Å². The van der Waals surface area contributed by atoms with Gasteiger partial charge in [-0.15, -0.1) is 0 Å². The molecule has 0 radical (unpaired) electrons. The number of hydrogen-bond acceptors (Lipinski definition) is 6. The topological polar surface area (TPSA) is 137 Å². The van der Waals surface area contributed by atoms with Crippen molar-refractivity contribution in [1.29, 1.82) is 0 Å². The maximum atomic E-state index is 12.6. The predicted molar refractivity (Wildman–Crippen MR) is 113 cm³/mol. The van der Waals surface area contributed by atoms with E-state index in [0.717, 1.165) is 19.4 Å². The summed E-state index contributed by atoms with van der Waals surface area (Å²) in [7, 11) is 0. The van der Waals surface area contributed by atoms with Gasteiger partial charge in [0, 0.05) is 0 Å². The Morgan fingerprint density at radius 2 is 1.72 bits per heavy atom. The van der Waals surface area contributed by atoms with Crippen LogP contribution in [0.2, 0.25) is 0 Å². The largest absolute Gasteiger partial charge is 0.480 e. The monoisotopic (exact) mass is 430 g/mol. The van der Waals surface area contributed by atoms with Gasteiger partial charge in [0.15, 0.2) is 0 Å². The highest BCUT2D eigenvalue weighted by Crippen LogP contribution is 2.08. The molecule has 1 saturated heterocycles. The minimum Gasteiger partial charge on any atom is -0.480 e. The maximum absolute atomic E-state index is 12.6. The van der Waals surface area contributed by atoms with Crippen LogP contribution in [0, 0.1) is 5.92 Å². The van der Waals surface area contributed by atoms with E-state index in [-0.39, 0.29) is 17.9 Å². The van der Waals surface area contributed by atoms with Crippen LogP contribution >= 0.6 is 11.8 Å². The number of nitrogens with one attached hydrogen (secondary N) is 4. The fraction of sp³-hybridized carbons (Fsp3) is 0.789. The zero-order valence-corrected chi connectivity index (χ0v) is 18.4. The molecule has 1 aliphatic rings. The second kappa shape index (κ2) is 12.7. The number of carboxylic acid groups (broad SMARTS) is 1. The van der Waals surface area contributed by atoms with Crippen LogP contribution in [-0.2, 0) is 19.2 Å². The zero-order valence-electron chi connectivity index (χ0n) is 17.6.